The Balaban J connectivity index is 1.65. The van der Waals surface area contributed by atoms with Crippen LogP contribution >= 0.6 is 0 Å². The van der Waals surface area contributed by atoms with Crippen LogP contribution in [-0.2, 0) is 6.54 Å². The van der Waals surface area contributed by atoms with E-state index >= 15 is 0 Å². The fourth-order valence-electron chi connectivity index (χ4n) is 3.44. The Hall–Kier alpha value is -1.06. The van der Waals surface area contributed by atoms with E-state index in [9.17, 15) is 0 Å². The van der Waals surface area contributed by atoms with Crippen LogP contribution < -0.4 is 10.1 Å². The Morgan fingerprint density at radius 2 is 2.21 bits per heavy atom. The van der Waals surface area contributed by atoms with Crippen molar-refractivity contribution in [1.29, 1.82) is 0 Å². The van der Waals surface area contributed by atoms with Crippen LogP contribution in [0.15, 0.2) is 24.3 Å². The van der Waals surface area contributed by atoms with Crippen molar-refractivity contribution in [3.63, 3.8) is 0 Å². The molecule has 0 radical (unpaired) electrons. The lowest BCUT2D eigenvalue weighted by atomic mass is 9.93. The van der Waals surface area contributed by atoms with Crippen LogP contribution in [0, 0.1) is 5.92 Å². The van der Waals surface area contributed by atoms with E-state index in [-0.39, 0.29) is 0 Å². The molecule has 2 unspecified atom stereocenters. The van der Waals surface area contributed by atoms with Crippen LogP contribution in [0.25, 0.3) is 0 Å². The largest absolute Gasteiger partial charge is 0.494 e. The molecule has 0 bridgehead atoms. The number of nitrogens with zero attached hydrogens (tertiary/aromatic N) is 1. The highest BCUT2D eigenvalue weighted by Gasteiger charge is 2.32. The van der Waals surface area contributed by atoms with Gasteiger partial charge in [-0.05, 0) is 44.8 Å². The van der Waals surface area contributed by atoms with Gasteiger partial charge in [0.2, 0.25) is 0 Å². The summed E-state index contributed by atoms with van der Waals surface area (Å²) in [6, 6.07) is 9.23. The summed E-state index contributed by atoms with van der Waals surface area (Å²) in [5, 5.41) is 3.62. The molecule has 2 fully saturated rings. The molecule has 0 aliphatic carbocycles. The monoisotopic (exact) mass is 260 g/mol. The lowest BCUT2D eigenvalue weighted by Gasteiger charge is -2.35. The van der Waals surface area contributed by atoms with E-state index in [0.29, 0.717) is 0 Å². The summed E-state index contributed by atoms with van der Waals surface area (Å²) in [7, 11) is 0. The van der Waals surface area contributed by atoms with Gasteiger partial charge in [0.15, 0.2) is 0 Å². The summed E-state index contributed by atoms with van der Waals surface area (Å²) in [6.07, 6.45) is 2.63. The molecule has 2 saturated heterocycles. The Morgan fingerprint density at radius 3 is 3.11 bits per heavy atom. The molecule has 0 aromatic heterocycles. The predicted octanol–water partition coefficient (Wildman–Crippen LogP) is 2.27. The van der Waals surface area contributed by atoms with Crippen LogP contribution in [0.4, 0.5) is 0 Å². The minimum atomic E-state index is 0.742. The van der Waals surface area contributed by atoms with Gasteiger partial charge in [-0.1, -0.05) is 18.2 Å². The van der Waals surface area contributed by atoms with Crippen LogP contribution in [-0.4, -0.2) is 37.2 Å². The maximum Gasteiger partial charge on any atom is 0.123 e. The van der Waals surface area contributed by atoms with Gasteiger partial charge in [-0.25, -0.2) is 0 Å². The second-order valence-electron chi connectivity index (χ2n) is 5.67. The number of hydrogen-bond donors (Lipinski definition) is 1. The Morgan fingerprint density at radius 1 is 1.32 bits per heavy atom. The van der Waals surface area contributed by atoms with Gasteiger partial charge >= 0.3 is 0 Å². The van der Waals surface area contributed by atoms with Gasteiger partial charge in [0.1, 0.15) is 5.75 Å². The number of nitrogens with one attached hydrogen (secondary N) is 1. The third-order valence-electron chi connectivity index (χ3n) is 4.41. The summed E-state index contributed by atoms with van der Waals surface area (Å²) >= 11 is 0. The number of likely N-dealkylation sites (tertiary alicyclic amines) is 1. The van der Waals surface area contributed by atoms with E-state index in [4.69, 9.17) is 4.74 Å². The van der Waals surface area contributed by atoms with Crippen LogP contribution in [0.1, 0.15) is 25.3 Å². The first kappa shape index (κ1) is 12.9. The molecule has 1 N–H and O–H groups in total. The quantitative estimate of drug-likeness (QED) is 0.899. The topological polar surface area (TPSA) is 24.5 Å². The lowest BCUT2D eigenvalue weighted by Crippen LogP contribution is -2.43. The van der Waals surface area contributed by atoms with Crippen molar-refractivity contribution in [3.05, 3.63) is 29.8 Å². The van der Waals surface area contributed by atoms with Gasteiger partial charge in [0.05, 0.1) is 6.61 Å². The maximum atomic E-state index is 5.73. The Bertz CT molecular complexity index is 421. The van der Waals surface area contributed by atoms with Crippen molar-refractivity contribution in [3.8, 4) is 5.75 Å². The second kappa shape index (κ2) is 5.93. The standard InChI is InChI=1S/C16H24N2O/c1-2-19-16-6-4-3-5-14(16)12-18-10-8-15-13(11-18)7-9-17-15/h3-6,13,15,17H,2,7-12H2,1H3. The molecule has 1 aromatic carbocycles. The third-order valence-corrected chi connectivity index (χ3v) is 4.41. The van der Waals surface area contributed by atoms with Crippen molar-refractivity contribution in [2.75, 3.05) is 26.2 Å². The molecule has 0 amide bonds. The summed E-state index contributed by atoms with van der Waals surface area (Å²) in [6.45, 7) is 7.46. The molecule has 2 heterocycles. The van der Waals surface area contributed by atoms with Crippen LogP contribution in [0.5, 0.6) is 5.75 Å². The molecule has 104 valence electrons. The van der Waals surface area contributed by atoms with Gasteiger partial charge < -0.3 is 10.1 Å². The average Bonchev–Trinajstić information content (AvgIpc) is 2.89. The van der Waals surface area contributed by atoms with E-state index in [1.165, 1.54) is 38.0 Å². The molecule has 0 spiro atoms. The van der Waals surface area contributed by atoms with Crippen molar-refractivity contribution >= 4 is 0 Å². The normalized spacial score (nSPS) is 27.2. The minimum absolute atomic E-state index is 0.742. The van der Waals surface area contributed by atoms with Gasteiger partial charge in [-0.3, -0.25) is 4.90 Å². The molecule has 2 aliphatic rings. The molecular weight excluding hydrogens is 236 g/mol. The number of ether oxygens (including phenoxy) is 1. The Kier molecular flexibility index (Phi) is 4.04. The van der Waals surface area contributed by atoms with Crippen LogP contribution in [0.3, 0.4) is 0 Å². The number of piperidine rings is 1. The highest BCUT2D eigenvalue weighted by Crippen LogP contribution is 2.27. The molecular formula is C16H24N2O. The first-order valence-corrected chi connectivity index (χ1v) is 7.53. The lowest BCUT2D eigenvalue weighted by molar-refractivity contribution is 0.154. The number of rotatable bonds is 4. The van der Waals surface area contributed by atoms with Gasteiger partial charge in [0.25, 0.3) is 0 Å². The SMILES string of the molecule is CCOc1ccccc1CN1CCC2NCCC2C1. The molecule has 19 heavy (non-hydrogen) atoms. The molecule has 3 rings (SSSR count). The zero-order chi connectivity index (χ0) is 13.1. The fourth-order valence-corrected chi connectivity index (χ4v) is 3.44. The average molecular weight is 260 g/mol. The molecule has 2 atom stereocenters. The number of benzene rings is 1. The predicted molar refractivity (Wildman–Crippen MR) is 77.4 cm³/mol. The number of hydrogen-bond acceptors (Lipinski definition) is 3. The zero-order valence-corrected chi connectivity index (χ0v) is 11.8. The highest BCUT2D eigenvalue weighted by atomic mass is 16.5. The first-order chi connectivity index (χ1) is 9.36. The number of para-hydroxylation sites is 1. The highest BCUT2D eigenvalue weighted by molar-refractivity contribution is 5.33. The molecule has 3 nitrogen and oxygen atoms in total. The van der Waals surface area contributed by atoms with Gasteiger partial charge in [0, 0.05) is 24.7 Å². The van der Waals surface area contributed by atoms with E-state index in [1.807, 2.05) is 6.92 Å². The van der Waals surface area contributed by atoms with Crippen molar-refractivity contribution in [2.24, 2.45) is 5.92 Å². The molecule has 2 aliphatic heterocycles. The summed E-state index contributed by atoms with van der Waals surface area (Å²) < 4.78 is 5.73. The summed E-state index contributed by atoms with van der Waals surface area (Å²) in [5.41, 5.74) is 1.33. The van der Waals surface area contributed by atoms with Crippen molar-refractivity contribution < 1.29 is 4.74 Å². The smallest absolute Gasteiger partial charge is 0.123 e. The van der Waals surface area contributed by atoms with E-state index < -0.39 is 0 Å². The molecule has 3 heteroatoms. The van der Waals surface area contributed by atoms with E-state index in [0.717, 1.165) is 30.9 Å². The summed E-state index contributed by atoms with van der Waals surface area (Å²) in [5.74, 6) is 1.91. The summed E-state index contributed by atoms with van der Waals surface area (Å²) in [4.78, 5) is 2.59. The van der Waals surface area contributed by atoms with Crippen LogP contribution in [0.2, 0.25) is 0 Å². The van der Waals surface area contributed by atoms with Crippen molar-refractivity contribution in [2.45, 2.75) is 32.4 Å². The second-order valence-corrected chi connectivity index (χ2v) is 5.67. The van der Waals surface area contributed by atoms with Gasteiger partial charge in [-0.2, -0.15) is 0 Å². The fraction of sp³-hybridized carbons (Fsp3) is 0.625. The maximum absolute atomic E-state index is 5.73. The van der Waals surface area contributed by atoms with E-state index in [2.05, 4.69) is 34.5 Å². The molecule has 0 saturated carbocycles. The minimum Gasteiger partial charge on any atom is -0.494 e. The number of fused-ring (bicyclic) bond motifs is 1. The van der Waals surface area contributed by atoms with E-state index in [1.54, 1.807) is 0 Å². The van der Waals surface area contributed by atoms with Gasteiger partial charge in [-0.15, -0.1) is 0 Å². The Labute approximate surface area is 115 Å². The first-order valence-electron chi connectivity index (χ1n) is 7.53. The zero-order valence-electron chi connectivity index (χ0n) is 11.8. The molecule has 1 aromatic rings. The third kappa shape index (κ3) is 2.93. The van der Waals surface area contributed by atoms with Crippen molar-refractivity contribution in [1.82, 2.24) is 10.2 Å².